The fourth-order valence-electron chi connectivity index (χ4n) is 1.80. The summed E-state index contributed by atoms with van der Waals surface area (Å²) in [6.45, 7) is 3.79. The number of hydrogen-bond acceptors (Lipinski definition) is 4. The zero-order valence-electron chi connectivity index (χ0n) is 9.73. The molecule has 17 heavy (non-hydrogen) atoms. The summed E-state index contributed by atoms with van der Waals surface area (Å²) in [5, 5.41) is 3.24. The van der Waals surface area contributed by atoms with E-state index in [2.05, 4.69) is 37.5 Å². The van der Waals surface area contributed by atoms with Gasteiger partial charge in [0.2, 0.25) is 0 Å². The first-order chi connectivity index (χ1) is 8.11. The summed E-state index contributed by atoms with van der Waals surface area (Å²) >= 11 is 5.18. The van der Waals surface area contributed by atoms with Crippen molar-refractivity contribution in [1.82, 2.24) is 4.31 Å². The minimum atomic E-state index is -0.350. The Morgan fingerprint density at radius 3 is 2.41 bits per heavy atom. The fraction of sp³-hybridized carbons (Fsp3) is 0.500. The van der Waals surface area contributed by atoms with E-state index in [4.69, 9.17) is 0 Å². The van der Waals surface area contributed by atoms with Crippen LogP contribution in [0.2, 0.25) is 0 Å². The number of hydrogen-bond donors (Lipinski definition) is 0. The van der Waals surface area contributed by atoms with Crippen molar-refractivity contribution in [2.75, 3.05) is 13.1 Å². The molecule has 5 heteroatoms. The van der Waals surface area contributed by atoms with E-state index < -0.39 is 0 Å². The van der Waals surface area contributed by atoms with Gasteiger partial charge in [0.25, 0.3) is 0 Å². The van der Waals surface area contributed by atoms with Crippen LogP contribution in [0.4, 0.5) is 0 Å². The summed E-state index contributed by atoms with van der Waals surface area (Å²) in [4.78, 5) is 11.9. The zero-order chi connectivity index (χ0) is 12.3. The number of nitroso groups, excluding NO2 is 1. The Kier molecular flexibility index (Phi) is 4.22. The van der Waals surface area contributed by atoms with E-state index in [1.54, 1.807) is 11.9 Å². The lowest BCUT2D eigenvalue weighted by molar-refractivity contribution is 0.267. The van der Waals surface area contributed by atoms with E-state index in [9.17, 15) is 4.91 Å². The lowest BCUT2D eigenvalue weighted by atomic mass is 9.92. The summed E-state index contributed by atoms with van der Waals surface area (Å²) in [6.07, 6.45) is 1.69. The van der Waals surface area contributed by atoms with Crippen molar-refractivity contribution in [2.24, 2.45) is 5.18 Å². The van der Waals surface area contributed by atoms with Crippen molar-refractivity contribution in [2.45, 2.75) is 30.2 Å². The minimum absolute atomic E-state index is 0.350. The molecular weight excluding hydrogens is 300 g/mol. The monoisotopic (exact) mass is 314 g/mol. The average molecular weight is 315 g/mol. The topological polar surface area (TPSA) is 32.7 Å². The summed E-state index contributed by atoms with van der Waals surface area (Å²) in [6, 6.07) is 8.29. The van der Waals surface area contributed by atoms with E-state index in [1.165, 1.54) is 4.90 Å². The van der Waals surface area contributed by atoms with E-state index >= 15 is 0 Å². The van der Waals surface area contributed by atoms with E-state index in [-0.39, 0.29) is 5.54 Å². The molecule has 2 rings (SSSR count). The van der Waals surface area contributed by atoms with Crippen LogP contribution in [0.3, 0.4) is 0 Å². The molecule has 0 aromatic heterocycles. The quantitative estimate of drug-likeness (QED) is 0.622. The van der Waals surface area contributed by atoms with E-state index in [1.807, 2.05) is 19.1 Å². The van der Waals surface area contributed by atoms with Crippen molar-refractivity contribution in [3.63, 3.8) is 0 Å². The third-order valence-corrected chi connectivity index (χ3v) is 4.70. The van der Waals surface area contributed by atoms with Crippen LogP contribution in [-0.2, 0) is 0 Å². The second-order valence-corrected chi connectivity index (χ2v) is 6.65. The Morgan fingerprint density at radius 1 is 1.29 bits per heavy atom. The Balaban J connectivity index is 1.90. The molecule has 1 aliphatic heterocycles. The molecule has 0 aliphatic carbocycles. The number of halogens is 1. The third kappa shape index (κ3) is 3.53. The summed E-state index contributed by atoms with van der Waals surface area (Å²) in [5.41, 5.74) is -0.350. The van der Waals surface area contributed by atoms with Gasteiger partial charge in [-0.25, -0.2) is 4.31 Å². The van der Waals surface area contributed by atoms with Crippen LogP contribution in [-0.4, -0.2) is 22.9 Å². The molecule has 1 saturated heterocycles. The molecule has 1 aromatic carbocycles. The highest BCUT2D eigenvalue weighted by Gasteiger charge is 2.31. The van der Waals surface area contributed by atoms with Crippen LogP contribution in [0.15, 0.2) is 38.8 Å². The van der Waals surface area contributed by atoms with Crippen molar-refractivity contribution < 1.29 is 0 Å². The van der Waals surface area contributed by atoms with E-state index in [0.717, 1.165) is 30.4 Å². The average Bonchev–Trinajstić information content (AvgIpc) is 2.35. The summed E-state index contributed by atoms with van der Waals surface area (Å²) in [5.74, 6) is 0. The van der Waals surface area contributed by atoms with Crippen LogP contribution in [0.25, 0.3) is 0 Å². The molecule has 3 nitrogen and oxygen atoms in total. The highest BCUT2D eigenvalue weighted by molar-refractivity contribution is 9.10. The number of rotatable bonds is 3. The molecule has 1 fully saturated rings. The highest BCUT2D eigenvalue weighted by Crippen LogP contribution is 2.32. The molecule has 0 unspecified atom stereocenters. The van der Waals surface area contributed by atoms with Crippen LogP contribution >= 0.6 is 27.9 Å². The molecule has 1 aromatic rings. The molecule has 1 heterocycles. The normalized spacial score (nSPS) is 20.1. The van der Waals surface area contributed by atoms with Gasteiger partial charge in [-0.1, -0.05) is 21.1 Å². The molecule has 0 amide bonds. The Morgan fingerprint density at radius 2 is 1.88 bits per heavy atom. The predicted octanol–water partition coefficient (Wildman–Crippen LogP) is 4.08. The van der Waals surface area contributed by atoms with Crippen molar-refractivity contribution in [3.8, 4) is 0 Å². The first-order valence-electron chi connectivity index (χ1n) is 5.64. The predicted molar refractivity (Wildman–Crippen MR) is 75.0 cm³/mol. The first-order valence-corrected chi connectivity index (χ1v) is 7.21. The maximum Gasteiger partial charge on any atom is 0.102 e. The zero-order valence-corrected chi connectivity index (χ0v) is 12.1. The molecule has 0 saturated carbocycles. The number of benzene rings is 1. The Labute approximate surface area is 114 Å². The molecule has 1 aliphatic rings. The molecule has 92 valence electrons. The van der Waals surface area contributed by atoms with Gasteiger partial charge in [0, 0.05) is 22.5 Å². The smallest absolute Gasteiger partial charge is 0.102 e. The maximum absolute atomic E-state index is 10.7. The second kappa shape index (κ2) is 5.50. The van der Waals surface area contributed by atoms with Crippen molar-refractivity contribution >= 4 is 27.9 Å². The van der Waals surface area contributed by atoms with Gasteiger partial charge in [-0.05, 0) is 56.0 Å². The molecule has 0 radical (unpaired) electrons. The van der Waals surface area contributed by atoms with Crippen LogP contribution in [0.5, 0.6) is 0 Å². The lowest BCUT2D eigenvalue weighted by Gasteiger charge is -2.33. The molecule has 0 spiro atoms. The van der Waals surface area contributed by atoms with Crippen molar-refractivity contribution in [1.29, 1.82) is 0 Å². The standard InChI is InChI=1S/C12H15BrN2OS/c1-12(14-16)6-8-15(9-7-12)17-11-4-2-10(13)3-5-11/h2-5H,6-9H2,1H3. The summed E-state index contributed by atoms with van der Waals surface area (Å²) < 4.78 is 3.40. The van der Waals surface area contributed by atoms with Crippen molar-refractivity contribution in [3.05, 3.63) is 33.6 Å². The minimum Gasteiger partial charge on any atom is -0.246 e. The van der Waals surface area contributed by atoms with Gasteiger partial charge < -0.3 is 0 Å². The van der Waals surface area contributed by atoms with Gasteiger partial charge in [0.1, 0.15) is 5.54 Å². The van der Waals surface area contributed by atoms with Gasteiger partial charge in [0.15, 0.2) is 0 Å². The van der Waals surface area contributed by atoms with Gasteiger partial charge in [-0.2, -0.15) is 4.91 Å². The van der Waals surface area contributed by atoms with Gasteiger partial charge in [0.05, 0.1) is 0 Å². The first kappa shape index (κ1) is 13.1. The largest absolute Gasteiger partial charge is 0.246 e. The van der Waals surface area contributed by atoms with Crippen LogP contribution in [0, 0.1) is 4.91 Å². The molecule has 0 atom stereocenters. The number of nitrogens with zero attached hydrogens (tertiary/aromatic N) is 2. The van der Waals surface area contributed by atoms with Gasteiger partial charge in [-0.3, -0.25) is 0 Å². The van der Waals surface area contributed by atoms with Gasteiger partial charge >= 0.3 is 0 Å². The molecular formula is C12H15BrN2OS. The lowest BCUT2D eigenvalue weighted by Crippen LogP contribution is -2.37. The molecule has 0 N–H and O–H groups in total. The van der Waals surface area contributed by atoms with E-state index in [0.29, 0.717) is 0 Å². The molecule has 0 bridgehead atoms. The third-order valence-electron chi connectivity index (χ3n) is 3.07. The van der Waals surface area contributed by atoms with Gasteiger partial charge in [-0.15, -0.1) is 0 Å². The van der Waals surface area contributed by atoms with Crippen LogP contribution < -0.4 is 0 Å². The fourth-order valence-corrected chi connectivity index (χ4v) is 2.98. The Bertz CT molecular complexity index is 388. The summed E-state index contributed by atoms with van der Waals surface area (Å²) in [7, 11) is 0. The Hall–Kier alpha value is -0.390. The second-order valence-electron chi connectivity index (χ2n) is 4.56. The maximum atomic E-state index is 10.7. The number of piperidine rings is 1. The highest BCUT2D eigenvalue weighted by atomic mass is 79.9. The van der Waals surface area contributed by atoms with Crippen LogP contribution in [0.1, 0.15) is 19.8 Å². The SMILES string of the molecule is CC1(N=O)CCN(Sc2ccc(Br)cc2)CC1.